The molecule has 1 aromatic carbocycles. The largest absolute Gasteiger partial charge is 0.477 e. The van der Waals surface area contributed by atoms with Crippen LogP contribution in [0.3, 0.4) is 0 Å². The first-order valence-electron chi connectivity index (χ1n) is 10.8. The second kappa shape index (κ2) is 8.46. The fourth-order valence-electron chi connectivity index (χ4n) is 4.90. The van der Waals surface area contributed by atoms with E-state index in [2.05, 4.69) is 4.98 Å². The van der Waals surface area contributed by atoms with E-state index in [1.54, 1.807) is 11.1 Å². The highest BCUT2D eigenvalue weighted by atomic mass is 16.5. The van der Waals surface area contributed by atoms with Gasteiger partial charge in [-0.2, -0.15) is 0 Å². The number of aromatic nitrogens is 1. The number of hydrogen-bond acceptors (Lipinski definition) is 4. The lowest BCUT2D eigenvalue weighted by atomic mass is 9.75. The molecule has 1 aliphatic heterocycles. The first-order chi connectivity index (χ1) is 14.6. The Morgan fingerprint density at radius 3 is 2.33 bits per heavy atom. The van der Waals surface area contributed by atoms with Gasteiger partial charge in [0.25, 0.3) is 5.91 Å². The van der Waals surface area contributed by atoms with Crippen molar-refractivity contribution in [3.8, 4) is 5.75 Å². The van der Waals surface area contributed by atoms with Crippen LogP contribution in [0.25, 0.3) is 0 Å². The van der Waals surface area contributed by atoms with Gasteiger partial charge < -0.3 is 15.4 Å². The van der Waals surface area contributed by atoms with Crippen LogP contribution in [0.1, 0.15) is 50.6 Å². The van der Waals surface area contributed by atoms with Crippen molar-refractivity contribution in [2.75, 3.05) is 13.1 Å². The van der Waals surface area contributed by atoms with Crippen molar-refractivity contribution in [3.63, 3.8) is 0 Å². The molecular formula is C24H29N3O3. The Morgan fingerprint density at radius 1 is 0.933 bits per heavy atom. The lowest BCUT2D eigenvalue weighted by Gasteiger charge is -2.45. The number of nitrogens with zero attached hydrogens (tertiary/aromatic N) is 2. The van der Waals surface area contributed by atoms with Crippen LogP contribution in [0.5, 0.6) is 5.75 Å². The number of pyridine rings is 1. The van der Waals surface area contributed by atoms with Gasteiger partial charge in [-0.15, -0.1) is 0 Å². The molecule has 6 nitrogen and oxygen atoms in total. The van der Waals surface area contributed by atoms with Gasteiger partial charge in [0, 0.05) is 19.3 Å². The molecule has 1 saturated heterocycles. The number of rotatable bonds is 5. The summed E-state index contributed by atoms with van der Waals surface area (Å²) in [6.45, 7) is 0.846. The molecule has 1 atom stereocenters. The number of hydrogen-bond donors (Lipinski definition) is 1. The predicted octanol–water partition coefficient (Wildman–Crippen LogP) is 3.21. The molecule has 0 spiro atoms. The third-order valence-electron chi connectivity index (χ3n) is 6.51. The molecule has 1 saturated carbocycles. The standard InChI is InChI=1S/C24H29N3O3/c25-21(28)23(20-12-5-8-16-26-20)13-9-17-27(18-23)22(29)24(14-6-2-7-15-24)30-19-10-3-1-4-11-19/h1,3-5,8,10-12,16H,2,6-7,9,13-15,17-18H2,(H2,25,28). The second-order valence-corrected chi connectivity index (χ2v) is 8.46. The smallest absolute Gasteiger partial charge is 0.266 e. The molecule has 30 heavy (non-hydrogen) atoms. The molecule has 0 radical (unpaired) electrons. The zero-order chi connectivity index (χ0) is 21.0. The van der Waals surface area contributed by atoms with Crippen molar-refractivity contribution in [1.29, 1.82) is 0 Å². The van der Waals surface area contributed by atoms with E-state index in [-0.39, 0.29) is 12.5 Å². The van der Waals surface area contributed by atoms with Crippen LogP contribution in [0.15, 0.2) is 54.7 Å². The monoisotopic (exact) mass is 407 g/mol. The number of piperidine rings is 1. The van der Waals surface area contributed by atoms with Gasteiger partial charge in [-0.1, -0.05) is 30.7 Å². The van der Waals surface area contributed by atoms with Gasteiger partial charge in [0.1, 0.15) is 11.2 Å². The summed E-state index contributed by atoms with van der Waals surface area (Å²) in [6, 6.07) is 15.0. The van der Waals surface area contributed by atoms with E-state index in [0.29, 0.717) is 43.7 Å². The summed E-state index contributed by atoms with van der Waals surface area (Å²) in [6.07, 6.45) is 7.34. The van der Waals surface area contributed by atoms with Gasteiger partial charge in [0.15, 0.2) is 5.60 Å². The number of ether oxygens (including phenoxy) is 1. The summed E-state index contributed by atoms with van der Waals surface area (Å²) in [5.41, 5.74) is 4.67. The highest BCUT2D eigenvalue weighted by molar-refractivity contribution is 5.90. The van der Waals surface area contributed by atoms with Gasteiger partial charge >= 0.3 is 0 Å². The van der Waals surface area contributed by atoms with Crippen molar-refractivity contribution in [1.82, 2.24) is 9.88 Å². The average Bonchev–Trinajstić information content (AvgIpc) is 2.80. The van der Waals surface area contributed by atoms with E-state index in [4.69, 9.17) is 10.5 Å². The molecule has 2 fully saturated rings. The van der Waals surface area contributed by atoms with Crippen LogP contribution in [0.4, 0.5) is 0 Å². The topological polar surface area (TPSA) is 85.5 Å². The zero-order valence-corrected chi connectivity index (χ0v) is 17.3. The van der Waals surface area contributed by atoms with Gasteiger partial charge in [0.2, 0.25) is 5.91 Å². The summed E-state index contributed by atoms with van der Waals surface area (Å²) in [7, 11) is 0. The lowest BCUT2D eigenvalue weighted by Crippen LogP contribution is -2.61. The molecule has 2 aliphatic rings. The highest BCUT2D eigenvalue weighted by Gasteiger charge is 2.50. The SMILES string of the molecule is NC(=O)C1(c2ccccn2)CCCN(C(=O)C2(Oc3ccccc3)CCCCC2)C1. The first kappa shape index (κ1) is 20.4. The highest BCUT2D eigenvalue weighted by Crippen LogP contribution is 2.38. The van der Waals surface area contributed by atoms with Crippen molar-refractivity contribution in [2.45, 2.75) is 56.0 Å². The maximum atomic E-state index is 13.8. The first-order valence-corrected chi connectivity index (χ1v) is 10.8. The van der Waals surface area contributed by atoms with Crippen LogP contribution in [-0.4, -0.2) is 40.4 Å². The minimum atomic E-state index is -0.961. The van der Waals surface area contributed by atoms with E-state index in [0.717, 1.165) is 19.3 Å². The fraction of sp³-hybridized carbons (Fsp3) is 0.458. The molecule has 1 aromatic heterocycles. The van der Waals surface area contributed by atoms with E-state index in [9.17, 15) is 9.59 Å². The molecule has 158 valence electrons. The maximum Gasteiger partial charge on any atom is 0.266 e. The number of para-hydroxylation sites is 1. The van der Waals surface area contributed by atoms with Gasteiger partial charge in [-0.3, -0.25) is 14.6 Å². The fourth-order valence-corrected chi connectivity index (χ4v) is 4.90. The normalized spacial score (nSPS) is 23.5. The molecular weight excluding hydrogens is 378 g/mol. The summed E-state index contributed by atoms with van der Waals surface area (Å²) in [5, 5.41) is 0. The number of carbonyl (C=O) groups is 2. The molecule has 2 aromatic rings. The number of benzene rings is 1. The number of primary amides is 1. The van der Waals surface area contributed by atoms with Gasteiger partial charge in [0.05, 0.1) is 5.69 Å². The molecule has 0 bridgehead atoms. The number of carbonyl (C=O) groups excluding carboxylic acids is 2. The van der Waals surface area contributed by atoms with Gasteiger partial charge in [-0.05, 0) is 62.8 Å². The third-order valence-corrected chi connectivity index (χ3v) is 6.51. The molecule has 1 unspecified atom stereocenters. The molecule has 4 rings (SSSR count). The Labute approximate surface area is 177 Å². The van der Waals surface area contributed by atoms with Crippen molar-refractivity contribution in [3.05, 3.63) is 60.4 Å². The Hall–Kier alpha value is -2.89. The van der Waals surface area contributed by atoms with Gasteiger partial charge in [-0.25, -0.2) is 0 Å². The van der Waals surface area contributed by atoms with Crippen LogP contribution < -0.4 is 10.5 Å². The minimum absolute atomic E-state index is 0.0349. The van der Waals surface area contributed by atoms with E-state index in [1.807, 2.05) is 48.5 Å². The summed E-state index contributed by atoms with van der Waals surface area (Å²) in [5.74, 6) is 0.239. The average molecular weight is 408 g/mol. The van der Waals surface area contributed by atoms with Crippen molar-refractivity contribution in [2.24, 2.45) is 5.73 Å². The molecule has 6 heteroatoms. The summed E-state index contributed by atoms with van der Waals surface area (Å²) < 4.78 is 6.37. The molecule has 2 N–H and O–H groups in total. The van der Waals surface area contributed by atoms with E-state index >= 15 is 0 Å². The Kier molecular flexibility index (Phi) is 5.75. The van der Waals surface area contributed by atoms with E-state index in [1.165, 1.54) is 0 Å². The van der Waals surface area contributed by atoms with Crippen LogP contribution in [-0.2, 0) is 15.0 Å². The Morgan fingerprint density at radius 2 is 1.67 bits per heavy atom. The molecule has 1 aliphatic carbocycles. The Balaban J connectivity index is 1.64. The molecule has 2 heterocycles. The van der Waals surface area contributed by atoms with Crippen LogP contribution in [0, 0.1) is 0 Å². The van der Waals surface area contributed by atoms with Crippen LogP contribution in [0.2, 0.25) is 0 Å². The quantitative estimate of drug-likeness (QED) is 0.825. The summed E-state index contributed by atoms with van der Waals surface area (Å²) in [4.78, 5) is 32.7. The number of amides is 2. The predicted molar refractivity (Wildman–Crippen MR) is 114 cm³/mol. The van der Waals surface area contributed by atoms with Crippen molar-refractivity contribution >= 4 is 11.8 Å². The number of nitrogens with two attached hydrogens (primary N) is 1. The minimum Gasteiger partial charge on any atom is -0.477 e. The lowest BCUT2D eigenvalue weighted by molar-refractivity contribution is -0.154. The molecule has 2 amide bonds. The zero-order valence-electron chi connectivity index (χ0n) is 17.3. The third kappa shape index (κ3) is 3.78. The second-order valence-electron chi connectivity index (χ2n) is 8.46. The van der Waals surface area contributed by atoms with Crippen molar-refractivity contribution < 1.29 is 14.3 Å². The Bertz CT molecular complexity index is 881. The summed E-state index contributed by atoms with van der Waals surface area (Å²) >= 11 is 0. The maximum absolute atomic E-state index is 13.8. The van der Waals surface area contributed by atoms with E-state index < -0.39 is 16.9 Å². The number of likely N-dealkylation sites (tertiary alicyclic amines) is 1. The van der Waals surface area contributed by atoms with Crippen LogP contribution >= 0.6 is 0 Å².